The monoisotopic (exact) mass is 320 g/mol. The predicted octanol–water partition coefficient (Wildman–Crippen LogP) is 4.45. The lowest BCUT2D eigenvalue weighted by atomic mass is 9.98. The first-order valence-electron chi connectivity index (χ1n) is 7.44. The largest absolute Gasteiger partial charge is 0.326 e. The van der Waals surface area contributed by atoms with Gasteiger partial charge in [0.05, 0.1) is 6.04 Å². The molecule has 2 atom stereocenters. The zero-order valence-corrected chi connectivity index (χ0v) is 13.8. The van der Waals surface area contributed by atoms with Gasteiger partial charge in [-0.25, -0.2) is 0 Å². The van der Waals surface area contributed by atoms with Crippen LogP contribution in [0.5, 0.6) is 0 Å². The maximum atomic E-state index is 6.33. The molecule has 2 unspecified atom stereocenters. The van der Waals surface area contributed by atoms with E-state index in [0.717, 1.165) is 11.6 Å². The molecule has 0 amide bonds. The Morgan fingerprint density at radius 3 is 2.52 bits per heavy atom. The Morgan fingerprint density at radius 2 is 2.00 bits per heavy atom. The first-order valence-corrected chi connectivity index (χ1v) is 8.70. The van der Waals surface area contributed by atoms with Gasteiger partial charge in [0.1, 0.15) is 0 Å². The van der Waals surface area contributed by atoms with Crippen LogP contribution in [0.25, 0.3) is 0 Å². The standard InChI is InChI=1S/C17H21ClN2S/c1-12(19)17(13-4-6-14(18)7-5-13)20(15-8-9-15)11-16-3-2-10-21-16/h2-7,10,12,15,17H,8-9,11,19H2,1H3. The smallest absolute Gasteiger partial charge is 0.0503 e. The van der Waals surface area contributed by atoms with Crippen LogP contribution in [0.1, 0.15) is 36.2 Å². The SMILES string of the molecule is CC(N)C(c1ccc(Cl)cc1)N(Cc1cccs1)C1CC1. The molecule has 0 bridgehead atoms. The Balaban J connectivity index is 1.87. The summed E-state index contributed by atoms with van der Waals surface area (Å²) in [6.45, 7) is 3.08. The summed E-state index contributed by atoms with van der Waals surface area (Å²) < 4.78 is 0. The number of rotatable bonds is 6. The van der Waals surface area contributed by atoms with E-state index in [1.807, 2.05) is 23.5 Å². The molecule has 3 rings (SSSR count). The highest BCUT2D eigenvalue weighted by atomic mass is 35.5. The normalized spacial score (nSPS) is 17.9. The molecule has 1 aliphatic rings. The fourth-order valence-electron chi connectivity index (χ4n) is 2.90. The van der Waals surface area contributed by atoms with Crippen LogP contribution in [0, 0.1) is 0 Å². The number of halogens is 1. The molecular formula is C17H21ClN2S. The van der Waals surface area contributed by atoms with Crippen LogP contribution in [0.15, 0.2) is 41.8 Å². The number of thiophene rings is 1. The minimum atomic E-state index is 0.0896. The van der Waals surface area contributed by atoms with E-state index in [1.54, 1.807) is 0 Å². The molecule has 1 aromatic carbocycles. The van der Waals surface area contributed by atoms with Crippen molar-refractivity contribution in [3.8, 4) is 0 Å². The second-order valence-electron chi connectivity index (χ2n) is 5.84. The van der Waals surface area contributed by atoms with Crippen molar-refractivity contribution in [3.63, 3.8) is 0 Å². The highest BCUT2D eigenvalue weighted by Crippen LogP contribution is 2.37. The number of benzene rings is 1. The molecule has 0 spiro atoms. The van der Waals surface area contributed by atoms with Gasteiger partial charge in [0.15, 0.2) is 0 Å². The Hall–Kier alpha value is -0.870. The molecule has 2 nitrogen and oxygen atoms in total. The van der Waals surface area contributed by atoms with E-state index in [4.69, 9.17) is 17.3 Å². The summed E-state index contributed by atoms with van der Waals surface area (Å²) in [5.41, 5.74) is 7.59. The molecule has 2 aromatic rings. The second-order valence-corrected chi connectivity index (χ2v) is 7.31. The van der Waals surface area contributed by atoms with Crippen molar-refractivity contribution >= 4 is 22.9 Å². The van der Waals surface area contributed by atoms with Crippen molar-refractivity contribution in [1.82, 2.24) is 4.90 Å². The first kappa shape index (κ1) is 15.0. The minimum absolute atomic E-state index is 0.0896. The fourth-order valence-corrected chi connectivity index (χ4v) is 3.74. The van der Waals surface area contributed by atoms with E-state index in [-0.39, 0.29) is 12.1 Å². The first-order chi connectivity index (χ1) is 10.1. The lowest BCUT2D eigenvalue weighted by Gasteiger charge is -2.34. The number of nitrogens with zero attached hydrogens (tertiary/aromatic N) is 1. The Labute approximate surface area is 135 Å². The molecule has 1 aliphatic carbocycles. The molecule has 1 saturated carbocycles. The van der Waals surface area contributed by atoms with Crippen molar-refractivity contribution in [2.45, 2.75) is 44.4 Å². The minimum Gasteiger partial charge on any atom is -0.326 e. The highest BCUT2D eigenvalue weighted by molar-refractivity contribution is 7.09. The fraction of sp³-hybridized carbons (Fsp3) is 0.412. The van der Waals surface area contributed by atoms with Crippen LogP contribution < -0.4 is 5.73 Å². The zero-order valence-electron chi connectivity index (χ0n) is 12.2. The molecule has 4 heteroatoms. The molecule has 1 heterocycles. The second kappa shape index (κ2) is 6.49. The molecule has 0 aliphatic heterocycles. The van der Waals surface area contributed by atoms with Gasteiger partial charge in [0.25, 0.3) is 0 Å². The third-order valence-corrected chi connectivity index (χ3v) is 5.11. The van der Waals surface area contributed by atoms with Gasteiger partial charge in [-0.05, 0) is 48.9 Å². The van der Waals surface area contributed by atoms with Gasteiger partial charge in [0, 0.05) is 28.5 Å². The van der Waals surface area contributed by atoms with Crippen LogP contribution in [-0.4, -0.2) is 17.0 Å². The van der Waals surface area contributed by atoms with Crippen LogP contribution in [0.2, 0.25) is 5.02 Å². The van der Waals surface area contributed by atoms with Gasteiger partial charge >= 0.3 is 0 Å². The molecular weight excluding hydrogens is 300 g/mol. The van der Waals surface area contributed by atoms with Crippen molar-refractivity contribution < 1.29 is 0 Å². The third kappa shape index (κ3) is 3.67. The summed E-state index contributed by atoms with van der Waals surface area (Å²) >= 11 is 7.84. The van der Waals surface area contributed by atoms with Crippen LogP contribution in [0.3, 0.4) is 0 Å². The number of hydrogen-bond donors (Lipinski definition) is 1. The van der Waals surface area contributed by atoms with Crippen LogP contribution in [-0.2, 0) is 6.54 Å². The van der Waals surface area contributed by atoms with E-state index < -0.39 is 0 Å². The van der Waals surface area contributed by atoms with Crippen molar-refractivity contribution in [2.24, 2.45) is 5.73 Å². The molecule has 1 fully saturated rings. The van der Waals surface area contributed by atoms with E-state index in [0.29, 0.717) is 6.04 Å². The van der Waals surface area contributed by atoms with Crippen LogP contribution in [0.4, 0.5) is 0 Å². The average molecular weight is 321 g/mol. The van der Waals surface area contributed by atoms with Gasteiger partial charge < -0.3 is 5.73 Å². The van der Waals surface area contributed by atoms with Gasteiger partial charge in [-0.2, -0.15) is 0 Å². The van der Waals surface area contributed by atoms with Gasteiger partial charge in [-0.1, -0.05) is 29.8 Å². The average Bonchev–Trinajstić information content (AvgIpc) is 3.18. The molecule has 2 N–H and O–H groups in total. The number of hydrogen-bond acceptors (Lipinski definition) is 3. The highest BCUT2D eigenvalue weighted by Gasteiger charge is 2.36. The van der Waals surface area contributed by atoms with Crippen molar-refractivity contribution in [2.75, 3.05) is 0 Å². The van der Waals surface area contributed by atoms with Crippen LogP contribution >= 0.6 is 22.9 Å². The van der Waals surface area contributed by atoms with E-state index in [2.05, 4.69) is 41.5 Å². The quantitative estimate of drug-likeness (QED) is 0.851. The third-order valence-electron chi connectivity index (χ3n) is 4.00. The lowest BCUT2D eigenvalue weighted by molar-refractivity contribution is 0.159. The Kier molecular flexibility index (Phi) is 4.65. The Bertz CT molecular complexity index is 561. The summed E-state index contributed by atoms with van der Waals surface area (Å²) in [6.07, 6.45) is 2.56. The molecule has 112 valence electrons. The summed E-state index contributed by atoms with van der Waals surface area (Å²) in [5.74, 6) is 0. The maximum Gasteiger partial charge on any atom is 0.0503 e. The zero-order chi connectivity index (χ0) is 14.8. The maximum absolute atomic E-state index is 6.33. The summed E-state index contributed by atoms with van der Waals surface area (Å²) in [6, 6.07) is 13.5. The number of nitrogens with two attached hydrogens (primary N) is 1. The van der Waals surface area contributed by atoms with Crippen molar-refractivity contribution in [3.05, 3.63) is 57.2 Å². The van der Waals surface area contributed by atoms with E-state index >= 15 is 0 Å². The molecule has 1 aromatic heterocycles. The van der Waals surface area contributed by atoms with E-state index in [1.165, 1.54) is 23.3 Å². The molecule has 21 heavy (non-hydrogen) atoms. The van der Waals surface area contributed by atoms with Gasteiger partial charge in [-0.15, -0.1) is 11.3 Å². The van der Waals surface area contributed by atoms with Gasteiger partial charge in [-0.3, -0.25) is 4.90 Å². The Morgan fingerprint density at radius 1 is 1.29 bits per heavy atom. The van der Waals surface area contributed by atoms with Crippen molar-refractivity contribution in [1.29, 1.82) is 0 Å². The lowest BCUT2D eigenvalue weighted by Crippen LogP contribution is -2.40. The molecule has 0 radical (unpaired) electrons. The van der Waals surface area contributed by atoms with Gasteiger partial charge in [0.2, 0.25) is 0 Å². The van der Waals surface area contributed by atoms with E-state index in [9.17, 15) is 0 Å². The molecule has 0 saturated heterocycles. The summed E-state index contributed by atoms with van der Waals surface area (Å²) in [5, 5.41) is 2.92. The topological polar surface area (TPSA) is 29.3 Å². The predicted molar refractivity (Wildman–Crippen MR) is 90.7 cm³/mol. The summed E-state index contributed by atoms with van der Waals surface area (Å²) in [7, 11) is 0. The summed E-state index contributed by atoms with van der Waals surface area (Å²) in [4.78, 5) is 3.97.